The largest absolute Gasteiger partial charge is 0.495 e. The van der Waals surface area contributed by atoms with Crippen LogP contribution < -0.4 is 14.4 Å². The van der Waals surface area contributed by atoms with E-state index >= 15 is 0 Å². The third-order valence-electron chi connectivity index (χ3n) is 5.29. The molecule has 0 radical (unpaired) electrons. The van der Waals surface area contributed by atoms with Gasteiger partial charge in [-0.15, -0.1) is 0 Å². The quantitative estimate of drug-likeness (QED) is 0.452. The standard InChI is InChI=1S/C25H23N3O4S/c1-17-16-22(20-8-4-5-9-21(20)26-17)27-25(29)18-12-14-19(15-13-18)33(30,31)28(2)23-10-6-7-11-24(23)32-3/h4-16H,1-3H3,(H,26,27,29). The molecular formula is C25H23N3O4S. The molecule has 0 aliphatic carbocycles. The number of benzene rings is 3. The van der Waals surface area contributed by atoms with Crippen molar-refractivity contribution in [3.63, 3.8) is 0 Å². The maximum atomic E-state index is 13.1. The second-order valence-electron chi connectivity index (χ2n) is 7.45. The molecule has 4 aromatic rings. The van der Waals surface area contributed by atoms with Crippen molar-refractivity contribution < 1.29 is 17.9 Å². The maximum Gasteiger partial charge on any atom is 0.264 e. The molecule has 168 valence electrons. The van der Waals surface area contributed by atoms with Crippen LogP contribution in [0.3, 0.4) is 0 Å². The van der Waals surface area contributed by atoms with Crippen LogP contribution >= 0.6 is 0 Å². The minimum atomic E-state index is -3.85. The molecule has 33 heavy (non-hydrogen) atoms. The summed E-state index contributed by atoms with van der Waals surface area (Å²) >= 11 is 0. The van der Waals surface area contributed by atoms with Crippen molar-refractivity contribution in [1.82, 2.24) is 4.98 Å². The molecule has 1 aromatic heterocycles. The fourth-order valence-corrected chi connectivity index (χ4v) is 4.77. The Labute approximate surface area is 192 Å². The lowest BCUT2D eigenvalue weighted by molar-refractivity contribution is 0.102. The van der Waals surface area contributed by atoms with E-state index in [-0.39, 0.29) is 10.8 Å². The van der Waals surface area contributed by atoms with E-state index in [0.717, 1.165) is 20.9 Å². The zero-order valence-corrected chi connectivity index (χ0v) is 19.3. The number of ether oxygens (including phenoxy) is 1. The summed E-state index contributed by atoms with van der Waals surface area (Å²) in [6.07, 6.45) is 0. The Morgan fingerprint density at radius 3 is 2.36 bits per heavy atom. The van der Waals surface area contributed by atoms with Gasteiger partial charge in [-0.3, -0.25) is 14.1 Å². The summed E-state index contributed by atoms with van der Waals surface area (Å²) in [5.74, 6) is 0.104. The second-order valence-corrected chi connectivity index (χ2v) is 9.42. The Morgan fingerprint density at radius 1 is 0.970 bits per heavy atom. The van der Waals surface area contributed by atoms with Crippen LogP contribution in [0.5, 0.6) is 5.75 Å². The molecule has 0 spiro atoms. The number of aryl methyl sites for hydroxylation is 1. The predicted molar refractivity (Wildman–Crippen MR) is 129 cm³/mol. The molecule has 8 heteroatoms. The highest BCUT2D eigenvalue weighted by molar-refractivity contribution is 7.92. The van der Waals surface area contributed by atoms with Gasteiger partial charge < -0.3 is 10.1 Å². The Kier molecular flexibility index (Phi) is 6.02. The van der Waals surface area contributed by atoms with Crippen LogP contribution in [0.15, 0.2) is 83.8 Å². The van der Waals surface area contributed by atoms with E-state index in [1.54, 1.807) is 30.3 Å². The van der Waals surface area contributed by atoms with Gasteiger partial charge in [0.2, 0.25) is 0 Å². The summed E-state index contributed by atoms with van der Waals surface area (Å²) < 4.78 is 32.7. The highest BCUT2D eigenvalue weighted by Crippen LogP contribution is 2.31. The number of fused-ring (bicyclic) bond motifs is 1. The number of carbonyl (C=O) groups is 1. The number of hydrogen-bond donors (Lipinski definition) is 1. The Morgan fingerprint density at radius 2 is 1.64 bits per heavy atom. The lowest BCUT2D eigenvalue weighted by Gasteiger charge is -2.21. The van der Waals surface area contributed by atoms with Crippen molar-refractivity contribution in [1.29, 1.82) is 0 Å². The van der Waals surface area contributed by atoms with Crippen LogP contribution in [-0.2, 0) is 10.0 Å². The van der Waals surface area contributed by atoms with Crippen molar-refractivity contribution in [3.05, 3.63) is 90.1 Å². The van der Waals surface area contributed by atoms with E-state index in [0.29, 0.717) is 22.7 Å². The molecule has 1 N–H and O–H groups in total. The fourth-order valence-electron chi connectivity index (χ4n) is 3.56. The maximum absolute atomic E-state index is 13.1. The van der Waals surface area contributed by atoms with E-state index in [4.69, 9.17) is 4.74 Å². The highest BCUT2D eigenvalue weighted by atomic mass is 32.2. The fraction of sp³-hybridized carbons (Fsp3) is 0.120. The summed E-state index contributed by atoms with van der Waals surface area (Å²) in [6.45, 7) is 1.86. The Balaban J connectivity index is 1.59. The van der Waals surface area contributed by atoms with Crippen LogP contribution in [0, 0.1) is 6.92 Å². The zero-order chi connectivity index (χ0) is 23.6. The number of hydrogen-bond acceptors (Lipinski definition) is 5. The number of nitrogens with one attached hydrogen (secondary N) is 1. The summed E-state index contributed by atoms with van der Waals surface area (Å²) in [7, 11) is -0.898. The molecule has 1 amide bonds. The smallest absolute Gasteiger partial charge is 0.264 e. The molecule has 0 aliphatic rings. The van der Waals surface area contributed by atoms with E-state index in [2.05, 4.69) is 10.3 Å². The number of nitrogens with zero attached hydrogens (tertiary/aromatic N) is 2. The van der Waals surface area contributed by atoms with Gasteiger partial charge in [0.05, 0.1) is 28.9 Å². The first-order valence-corrected chi connectivity index (χ1v) is 11.6. The van der Waals surface area contributed by atoms with Crippen molar-refractivity contribution >= 4 is 38.2 Å². The van der Waals surface area contributed by atoms with Crippen molar-refractivity contribution in [3.8, 4) is 5.75 Å². The molecule has 4 rings (SSSR count). The topological polar surface area (TPSA) is 88.6 Å². The summed E-state index contributed by atoms with van der Waals surface area (Å²) in [6, 6.07) is 22.1. The number of anilines is 2. The second kappa shape index (κ2) is 8.91. The lowest BCUT2D eigenvalue weighted by atomic mass is 10.1. The number of carbonyl (C=O) groups excluding carboxylic acids is 1. The average Bonchev–Trinajstić information content (AvgIpc) is 2.83. The van der Waals surface area contributed by atoms with Gasteiger partial charge in [-0.2, -0.15) is 0 Å². The van der Waals surface area contributed by atoms with Gasteiger partial charge in [0, 0.05) is 23.7 Å². The predicted octanol–water partition coefficient (Wildman–Crippen LogP) is 4.63. The zero-order valence-electron chi connectivity index (χ0n) is 18.4. The van der Waals surface area contributed by atoms with Crippen LogP contribution in [0.2, 0.25) is 0 Å². The number of rotatable bonds is 6. The Hall–Kier alpha value is -3.91. The van der Waals surface area contributed by atoms with Gasteiger partial charge in [0.15, 0.2) is 0 Å². The summed E-state index contributed by atoms with van der Waals surface area (Å²) in [4.78, 5) is 17.4. The molecule has 0 aliphatic heterocycles. The molecule has 0 fully saturated rings. The van der Waals surface area contributed by atoms with Crippen LogP contribution in [0.1, 0.15) is 16.1 Å². The van der Waals surface area contributed by atoms with Crippen molar-refractivity contribution in [2.24, 2.45) is 0 Å². The summed E-state index contributed by atoms with van der Waals surface area (Å²) in [5.41, 5.74) is 2.98. The first kappa shape index (κ1) is 22.3. The van der Waals surface area contributed by atoms with Crippen LogP contribution in [0.25, 0.3) is 10.9 Å². The van der Waals surface area contributed by atoms with Gasteiger partial charge >= 0.3 is 0 Å². The highest BCUT2D eigenvalue weighted by Gasteiger charge is 2.24. The van der Waals surface area contributed by atoms with Gasteiger partial charge in [-0.05, 0) is 55.5 Å². The average molecular weight is 462 g/mol. The molecule has 0 bridgehead atoms. The Bertz CT molecular complexity index is 1430. The SMILES string of the molecule is COc1ccccc1N(C)S(=O)(=O)c1ccc(C(=O)Nc2cc(C)nc3ccccc23)cc1. The van der Waals surface area contributed by atoms with Gasteiger partial charge in [-0.1, -0.05) is 30.3 Å². The number of amides is 1. The van der Waals surface area contributed by atoms with Gasteiger partial charge in [0.25, 0.3) is 15.9 Å². The number of sulfonamides is 1. The molecule has 0 unspecified atom stereocenters. The van der Waals surface area contributed by atoms with Crippen molar-refractivity contribution in [2.45, 2.75) is 11.8 Å². The third kappa shape index (κ3) is 4.38. The number of aromatic nitrogens is 1. The van der Waals surface area contributed by atoms with Crippen molar-refractivity contribution in [2.75, 3.05) is 23.8 Å². The van der Waals surface area contributed by atoms with E-state index in [1.807, 2.05) is 31.2 Å². The molecule has 3 aromatic carbocycles. The first-order chi connectivity index (χ1) is 15.8. The third-order valence-corrected chi connectivity index (χ3v) is 7.08. The van der Waals surface area contributed by atoms with Gasteiger partial charge in [-0.25, -0.2) is 8.42 Å². The molecular weight excluding hydrogens is 438 g/mol. The molecule has 0 saturated heterocycles. The van der Waals surface area contributed by atoms with Crippen LogP contribution in [-0.4, -0.2) is 33.5 Å². The van der Waals surface area contributed by atoms with E-state index < -0.39 is 10.0 Å². The first-order valence-electron chi connectivity index (χ1n) is 10.2. The van der Waals surface area contributed by atoms with E-state index in [1.165, 1.54) is 38.4 Å². The minimum Gasteiger partial charge on any atom is -0.495 e. The molecule has 0 atom stereocenters. The number of para-hydroxylation sites is 3. The van der Waals surface area contributed by atoms with E-state index in [9.17, 15) is 13.2 Å². The van der Waals surface area contributed by atoms with Crippen LogP contribution in [0.4, 0.5) is 11.4 Å². The molecule has 7 nitrogen and oxygen atoms in total. The lowest BCUT2D eigenvalue weighted by Crippen LogP contribution is -2.27. The minimum absolute atomic E-state index is 0.0673. The number of pyridine rings is 1. The molecule has 1 heterocycles. The summed E-state index contributed by atoms with van der Waals surface area (Å²) in [5, 5.41) is 3.74. The monoisotopic (exact) mass is 461 g/mol. The van der Waals surface area contributed by atoms with Gasteiger partial charge in [0.1, 0.15) is 5.75 Å². The number of methoxy groups -OCH3 is 1. The normalized spacial score (nSPS) is 11.2. The molecule has 0 saturated carbocycles.